The van der Waals surface area contributed by atoms with E-state index in [1.54, 1.807) is 0 Å². The fourth-order valence-corrected chi connectivity index (χ4v) is 0.702. The van der Waals surface area contributed by atoms with Gasteiger partial charge in [-0.25, -0.2) is 4.39 Å². The van der Waals surface area contributed by atoms with Crippen molar-refractivity contribution >= 4 is 0 Å². The van der Waals surface area contributed by atoms with Crippen molar-refractivity contribution in [3.63, 3.8) is 0 Å². The topological polar surface area (TPSA) is 9.23 Å². The lowest BCUT2D eigenvalue weighted by molar-refractivity contribution is 0.115. The van der Waals surface area contributed by atoms with Gasteiger partial charge in [0.2, 0.25) is 0 Å². The second kappa shape index (κ2) is 2.26. The Morgan fingerprint density at radius 3 is 2.86 bits per heavy atom. The molecule has 1 radical (unpaired) electrons. The van der Waals surface area contributed by atoms with Crippen LogP contribution in [-0.4, -0.2) is 12.7 Å². The van der Waals surface area contributed by atoms with Gasteiger partial charge in [0.05, 0.1) is 6.10 Å². The molecule has 1 nitrogen and oxygen atoms in total. The lowest BCUT2D eigenvalue weighted by atomic mass is 10.3. The van der Waals surface area contributed by atoms with E-state index in [2.05, 4.69) is 0 Å². The fourth-order valence-electron chi connectivity index (χ4n) is 0.702. The Morgan fingerprint density at radius 1 is 1.71 bits per heavy atom. The molecule has 1 atom stereocenters. The molecule has 1 fully saturated rings. The van der Waals surface area contributed by atoms with E-state index in [9.17, 15) is 4.39 Å². The van der Waals surface area contributed by atoms with Crippen molar-refractivity contribution in [2.75, 3.05) is 6.61 Å². The van der Waals surface area contributed by atoms with Gasteiger partial charge in [-0.05, 0) is 12.8 Å². The normalized spacial score (nSPS) is 31.3. The Kier molecular flexibility index (Phi) is 1.63. The smallest absolute Gasteiger partial charge is 0.160 e. The second-order valence-electron chi connectivity index (χ2n) is 1.68. The summed E-state index contributed by atoms with van der Waals surface area (Å²) in [7, 11) is 0. The first-order chi connectivity index (χ1) is 3.43. The molecule has 7 heavy (non-hydrogen) atoms. The summed E-state index contributed by atoms with van der Waals surface area (Å²) in [6, 6.07) is 0. The molecule has 1 unspecified atom stereocenters. The first-order valence-electron chi connectivity index (χ1n) is 2.48. The maximum absolute atomic E-state index is 11.4. The largest absolute Gasteiger partial charge is 0.375 e. The van der Waals surface area contributed by atoms with Crippen molar-refractivity contribution in [1.82, 2.24) is 0 Å². The van der Waals surface area contributed by atoms with Gasteiger partial charge >= 0.3 is 0 Å². The highest BCUT2D eigenvalue weighted by Crippen LogP contribution is 2.13. The number of hydrogen-bond donors (Lipinski definition) is 0. The number of halogens is 1. The van der Waals surface area contributed by atoms with Crippen LogP contribution in [0.3, 0.4) is 0 Å². The van der Waals surface area contributed by atoms with E-state index in [4.69, 9.17) is 4.74 Å². The molecule has 1 saturated heterocycles. The molecule has 0 spiro atoms. The zero-order valence-corrected chi connectivity index (χ0v) is 4.06. The SMILES string of the molecule is F[CH]C1CCCO1. The van der Waals surface area contributed by atoms with Gasteiger partial charge in [0.15, 0.2) is 6.67 Å². The van der Waals surface area contributed by atoms with E-state index in [0.717, 1.165) is 19.4 Å². The van der Waals surface area contributed by atoms with Crippen molar-refractivity contribution in [2.45, 2.75) is 18.9 Å². The maximum Gasteiger partial charge on any atom is 0.160 e. The Balaban J connectivity index is 2.14. The first kappa shape index (κ1) is 5.04. The van der Waals surface area contributed by atoms with Gasteiger partial charge in [0.1, 0.15) is 0 Å². The summed E-state index contributed by atoms with van der Waals surface area (Å²) in [5.74, 6) is 0. The Bertz CT molecular complexity index is 50.0. The quantitative estimate of drug-likeness (QED) is 0.486. The lowest BCUT2D eigenvalue weighted by Crippen LogP contribution is -2.00. The summed E-state index contributed by atoms with van der Waals surface area (Å²) in [4.78, 5) is 0. The molecule has 41 valence electrons. The Labute approximate surface area is 42.5 Å². The number of ether oxygens (including phenoxy) is 1. The minimum atomic E-state index is -0.194. The van der Waals surface area contributed by atoms with Gasteiger partial charge in [-0.3, -0.25) is 0 Å². The standard InChI is InChI=1S/C5H8FO/c6-4-5-2-1-3-7-5/h4-5H,1-3H2. The summed E-state index contributed by atoms with van der Waals surface area (Å²) >= 11 is 0. The van der Waals surface area contributed by atoms with E-state index in [0.29, 0.717) is 6.67 Å². The van der Waals surface area contributed by atoms with Crippen molar-refractivity contribution < 1.29 is 9.13 Å². The van der Waals surface area contributed by atoms with E-state index in [-0.39, 0.29) is 6.10 Å². The molecular weight excluding hydrogens is 95.1 g/mol. The minimum Gasteiger partial charge on any atom is -0.375 e. The van der Waals surface area contributed by atoms with Gasteiger partial charge in [-0.2, -0.15) is 0 Å². The molecule has 0 amide bonds. The third-order valence-corrected chi connectivity index (χ3v) is 1.11. The molecule has 1 aliphatic rings. The first-order valence-corrected chi connectivity index (χ1v) is 2.48. The van der Waals surface area contributed by atoms with E-state index < -0.39 is 0 Å². The Morgan fingerprint density at radius 2 is 2.57 bits per heavy atom. The van der Waals surface area contributed by atoms with Crippen molar-refractivity contribution in [3.8, 4) is 0 Å². The lowest BCUT2D eigenvalue weighted by Gasteiger charge is -1.97. The van der Waals surface area contributed by atoms with Gasteiger partial charge in [-0.1, -0.05) is 0 Å². The zero-order valence-electron chi connectivity index (χ0n) is 4.06. The van der Waals surface area contributed by atoms with Crippen LogP contribution < -0.4 is 0 Å². The summed E-state index contributed by atoms with van der Waals surface area (Å²) in [5, 5.41) is 0. The van der Waals surface area contributed by atoms with Gasteiger partial charge in [0.25, 0.3) is 0 Å². The van der Waals surface area contributed by atoms with E-state index >= 15 is 0 Å². The summed E-state index contributed by atoms with van der Waals surface area (Å²) in [6.07, 6.45) is 1.67. The third-order valence-electron chi connectivity index (χ3n) is 1.11. The van der Waals surface area contributed by atoms with E-state index in [1.807, 2.05) is 0 Å². The zero-order chi connectivity index (χ0) is 5.11. The average Bonchev–Trinajstić information content (AvgIpc) is 2.14. The predicted molar refractivity (Wildman–Crippen MR) is 24.4 cm³/mol. The van der Waals surface area contributed by atoms with Crippen LogP contribution in [0.4, 0.5) is 4.39 Å². The summed E-state index contributed by atoms with van der Waals surface area (Å²) < 4.78 is 16.3. The summed E-state index contributed by atoms with van der Waals surface area (Å²) in [6.45, 7) is 1.35. The van der Waals surface area contributed by atoms with Crippen molar-refractivity contribution in [2.24, 2.45) is 0 Å². The highest BCUT2D eigenvalue weighted by Gasteiger charge is 2.14. The average molecular weight is 103 g/mol. The fraction of sp³-hybridized carbons (Fsp3) is 0.800. The van der Waals surface area contributed by atoms with Crippen LogP contribution in [-0.2, 0) is 4.74 Å². The molecule has 0 saturated carbocycles. The number of hydrogen-bond acceptors (Lipinski definition) is 1. The van der Waals surface area contributed by atoms with Crippen LogP contribution in [0.2, 0.25) is 0 Å². The van der Waals surface area contributed by atoms with Gasteiger partial charge in [-0.15, -0.1) is 0 Å². The van der Waals surface area contributed by atoms with Crippen LogP contribution in [0.25, 0.3) is 0 Å². The Hall–Kier alpha value is -0.110. The van der Waals surface area contributed by atoms with Crippen LogP contribution >= 0.6 is 0 Å². The molecule has 1 heterocycles. The van der Waals surface area contributed by atoms with Crippen molar-refractivity contribution in [3.05, 3.63) is 6.67 Å². The molecule has 2 heteroatoms. The molecule has 0 aromatic rings. The molecule has 0 N–H and O–H groups in total. The molecular formula is C5H8FO. The molecule has 0 aromatic carbocycles. The van der Waals surface area contributed by atoms with Crippen LogP contribution in [0.15, 0.2) is 0 Å². The monoisotopic (exact) mass is 103 g/mol. The second-order valence-corrected chi connectivity index (χ2v) is 1.68. The van der Waals surface area contributed by atoms with Gasteiger partial charge in [0, 0.05) is 6.61 Å². The van der Waals surface area contributed by atoms with Crippen LogP contribution in [0, 0.1) is 6.67 Å². The third kappa shape index (κ3) is 1.13. The molecule has 0 aliphatic carbocycles. The van der Waals surface area contributed by atoms with Crippen LogP contribution in [0.5, 0.6) is 0 Å². The maximum atomic E-state index is 11.4. The molecule has 1 rings (SSSR count). The molecule has 0 aromatic heterocycles. The highest BCUT2D eigenvalue weighted by molar-refractivity contribution is 4.70. The van der Waals surface area contributed by atoms with Crippen molar-refractivity contribution in [1.29, 1.82) is 0 Å². The van der Waals surface area contributed by atoms with Crippen LogP contribution in [0.1, 0.15) is 12.8 Å². The van der Waals surface area contributed by atoms with Gasteiger partial charge < -0.3 is 4.74 Å². The minimum absolute atomic E-state index is 0.194. The predicted octanol–water partition coefficient (Wildman–Crippen LogP) is 1.30. The molecule has 1 aliphatic heterocycles. The van der Waals surface area contributed by atoms with E-state index in [1.165, 1.54) is 0 Å². The molecule has 0 bridgehead atoms. The highest BCUT2D eigenvalue weighted by atomic mass is 19.1. The summed E-state index contributed by atoms with van der Waals surface area (Å²) in [5.41, 5.74) is 0. The number of rotatable bonds is 1.